The van der Waals surface area contributed by atoms with Gasteiger partial charge in [0.05, 0.1) is 6.54 Å². The molecule has 0 spiro atoms. The topological polar surface area (TPSA) is 65.5 Å². The van der Waals surface area contributed by atoms with E-state index in [1.54, 1.807) is 0 Å². The standard InChI is InChI=1S/C15H28N4OS/c1-3-16-14(19-11-15(2)7-4-10-21-15)18-9-8-17-13(20)12-5-6-12/h12H,3-11H2,1-2H3,(H,17,20)(H2,16,18,19). The molecule has 1 aliphatic heterocycles. The molecule has 1 aliphatic carbocycles. The van der Waals surface area contributed by atoms with Crippen LogP contribution < -0.4 is 16.0 Å². The highest BCUT2D eigenvalue weighted by Crippen LogP contribution is 2.37. The van der Waals surface area contributed by atoms with Crippen LogP contribution in [0.1, 0.15) is 39.5 Å². The van der Waals surface area contributed by atoms with Gasteiger partial charge in [0.25, 0.3) is 0 Å². The largest absolute Gasteiger partial charge is 0.357 e. The second-order valence-corrected chi connectivity index (χ2v) is 7.77. The molecular weight excluding hydrogens is 284 g/mol. The van der Waals surface area contributed by atoms with Gasteiger partial charge >= 0.3 is 0 Å². The van der Waals surface area contributed by atoms with E-state index in [0.717, 1.165) is 31.9 Å². The molecule has 1 amide bonds. The van der Waals surface area contributed by atoms with E-state index in [0.29, 0.717) is 17.8 Å². The molecule has 5 nitrogen and oxygen atoms in total. The zero-order valence-electron chi connectivity index (χ0n) is 13.2. The molecule has 1 saturated heterocycles. The van der Waals surface area contributed by atoms with E-state index < -0.39 is 0 Å². The molecule has 2 fully saturated rings. The van der Waals surface area contributed by atoms with Gasteiger partial charge in [0.2, 0.25) is 5.91 Å². The fourth-order valence-corrected chi connectivity index (χ4v) is 3.63. The first-order valence-corrected chi connectivity index (χ1v) is 9.05. The van der Waals surface area contributed by atoms with Crippen LogP contribution in [0.25, 0.3) is 0 Å². The summed E-state index contributed by atoms with van der Waals surface area (Å²) in [5.41, 5.74) is 0. The number of carbonyl (C=O) groups is 1. The van der Waals surface area contributed by atoms with Gasteiger partial charge in [-0.15, -0.1) is 0 Å². The first-order chi connectivity index (χ1) is 10.1. The van der Waals surface area contributed by atoms with E-state index >= 15 is 0 Å². The van der Waals surface area contributed by atoms with E-state index in [4.69, 9.17) is 4.99 Å². The predicted octanol–water partition coefficient (Wildman–Crippen LogP) is 1.35. The van der Waals surface area contributed by atoms with Crippen molar-refractivity contribution >= 4 is 23.6 Å². The number of hydrogen-bond donors (Lipinski definition) is 3. The molecule has 1 unspecified atom stereocenters. The lowest BCUT2D eigenvalue weighted by Crippen LogP contribution is -2.42. The van der Waals surface area contributed by atoms with Crippen LogP contribution in [-0.2, 0) is 4.79 Å². The number of nitrogens with one attached hydrogen (secondary N) is 3. The number of hydrogen-bond acceptors (Lipinski definition) is 3. The summed E-state index contributed by atoms with van der Waals surface area (Å²) in [7, 11) is 0. The summed E-state index contributed by atoms with van der Waals surface area (Å²) >= 11 is 2.03. The van der Waals surface area contributed by atoms with Gasteiger partial charge in [-0.2, -0.15) is 11.8 Å². The lowest BCUT2D eigenvalue weighted by Gasteiger charge is -2.21. The molecule has 2 rings (SSSR count). The number of rotatable bonds is 7. The van der Waals surface area contributed by atoms with Crippen LogP contribution in [0.2, 0.25) is 0 Å². The Labute approximate surface area is 132 Å². The minimum absolute atomic E-state index is 0.202. The number of amides is 1. The number of aliphatic imine (C=N–C) groups is 1. The van der Waals surface area contributed by atoms with Crippen LogP contribution in [0.15, 0.2) is 4.99 Å². The lowest BCUT2D eigenvalue weighted by molar-refractivity contribution is -0.122. The van der Waals surface area contributed by atoms with Gasteiger partial charge < -0.3 is 16.0 Å². The molecule has 0 bridgehead atoms. The molecule has 0 aromatic rings. The van der Waals surface area contributed by atoms with E-state index in [-0.39, 0.29) is 11.8 Å². The summed E-state index contributed by atoms with van der Waals surface area (Å²) < 4.78 is 0.294. The monoisotopic (exact) mass is 312 g/mol. The van der Waals surface area contributed by atoms with Gasteiger partial charge in [0.15, 0.2) is 5.96 Å². The summed E-state index contributed by atoms with van der Waals surface area (Å²) in [5, 5.41) is 9.51. The Bertz CT molecular complexity index is 376. The Morgan fingerprint density at radius 2 is 2.05 bits per heavy atom. The maximum atomic E-state index is 11.5. The van der Waals surface area contributed by atoms with E-state index in [2.05, 4.69) is 29.8 Å². The second kappa shape index (κ2) is 7.92. The summed E-state index contributed by atoms with van der Waals surface area (Å²) in [5.74, 6) is 2.59. The molecule has 2 aliphatic rings. The fraction of sp³-hybridized carbons (Fsp3) is 0.867. The van der Waals surface area contributed by atoms with Crippen molar-refractivity contribution in [3.05, 3.63) is 0 Å². The van der Waals surface area contributed by atoms with Crippen LogP contribution in [0.5, 0.6) is 0 Å². The smallest absolute Gasteiger partial charge is 0.223 e. The number of nitrogens with zero attached hydrogens (tertiary/aromatic N) is 1. The summed E-state index contributed by atoms with van der Waals surface area (Å²) in [6, 6.07) is 0. The van der Waals surface area contributed by atoms with Crippen LogP contribution in [0, 0.1) is 5.92 Å². The zero-order chi connectivity index (χ0) is 15.1. The molecule has 120 valence electrons. The molecular formula is C15H28N4OS. The van der Waals surface area contributed by atoms with Crippen LogP contribution in [0.4, 0.5) is 0 Å². The van der Waals surface area contributed by atoms with Crippen molar-refractivity contribution in [2.75, 3.05) is 31.9 Å². The average molecular weight is 312 g/mol. The first-order valence-electron chi connectivity index (χ1n) is 8.07. The van der Waals surface area contributed by atoms with Crippen LogP contribution in [0.3, 0.4) is 0 Å². The highest BCUT2D eigenvalue weighted by molar-refractivity contribution is 8.00. The molecule has 6 heteroatoms. The van der Waals surface area contributed by atoms with Crippen molar-refractivity contribution in [2.24, 2.45) is 10.9 Å². The van der Waals surface area contributed by atoms with Gasteiger partial charge in [0.1, 0.15) is 0 Å². The third kappa shape index (κ3) is 5.77. The Morgan fingerprint density at radius 3 is 2.67 bits per heavy atom. The zero-order valence-corrected chi connectivity index (χ0v) is 14.0. The third-order valence-corrected chi connectivity index (χ3v) is 5.40. The minimum Gasteiger partial charge on any atom is -0.357 e. The maximum absolute atomic E-state index is 11.5. The molecule has 1 saturated carbocycles. The van der Waals surface area contributed by atoms with Crippen molar-refractivity contribution < 1.29 is 4.79 Å². The summed E-state index contributed by atoms with van der Waals surface area (Å²) in [4.78, 5) is 16.2. The Balaban J connectivity index is 1.68. The van der Waals surface area contributed by atoms with Crippen LogP contribution in [-0.4, -0.2) is 48.5 Å². The Kier molecular flexibility index (Phi) is 6.21. The van der Waals surface area contributed by atoms with Gasteiger partial charge in [-0.3, -0.25) is 9.79 Å². The highest BCUT2D eigenvalue weighted by Gasteiger charge is 2.29. The van der Waals surface area contributed by atoms with E-state index in [1.807, 2.05) is 11.8 Å². The third-order valence-electron chi connectivity index (χ3n) is 3.88. The lowest BCUT2D eigenvalue weighted by atomic mass is 10.1. The SMILES string of the molecule is CCNC(=NCC1(C)CCCS1)NCCNC(=O)C1CC1. The maximum Gasteiger partial charge on any atom is 0.223 e. The predicted molar refractivity (Wildman–Crippen MR) is 89.8 cm³/mol. The Morgan fingerprint density at radius 1 is 1.29 bits per heavy atom. The van der Waals surface area contributed by atoms with Gasteiger partial charge in [0, 0.05) is 30.3 Å². The number of thioether (sulfide) groups is 1. The molecule has 1 heterocycles. The summed E-state index contributed by atoms with van der Waals surface area (Å²) in [6.45, 7) is 7.44. The first kappa shape index (κ1) is 16.5. The second-order valence-electron chi connectivity index (χ2n) is 6.09. The molecule has 21 heavy (non-hydrogen) atoms. The molecule has 0 aromatic heterocycles. The van der Waals surface area contributed by atoms with Crippen molar-refractivity contribution in [2.45, 2.75) is 44.3 Å². The normalized spacial score (nSPS) is 25.7. The molecule has 3 N–H and O–H groups in total. The molecule has 0 radical (unpaired) electrons. The number of guanidine groups is 1. The van der Waals surface area contributed by atoms with E-state index in [9.17, 15) is 4.79 Å². The quantitative estimate of drug-likeness (QED) is 0.377. The fourth-order valence-electron chi connectivity index (χ4n) is 2.41. The highest BCUT2D eigenvalue weighted by atomic mass is 32.2. The molecule has 0 aromatic carbocycles. The van der Waals surface area contributed by atoms with Crippen molar-refractivity contribution in [3.8, 4) is 0 Å². The van der Waals surface area contributed by atoms with Gasteiger partial charge in [-0.1, -0.05) is 0 Å². The van der Waals surface area contributed by atoms with Gasteiger partial charge in [-0.05, 0) is 45.3 Å². The minimum atomic E-state index is 0.202. The van der Waals surface area contributed by atoms with Crippen molar-refractivity contribution in [3.63, 3.8) is 0 Å². The van der Waals surface area contributed by atoms with Crippen molar-refractivity contribution in [1.82, 2.24) is 16.0 Å². The van der Waals surface area contributed by atoms with Crippen molar-refractivity contribution in [1.29, 1.82) is 0 Å². The molecule has 1 atom stereocenters. The Hall–Kier alpha value is -0.910. The van der Waals surface area contributed by atoms with Crippen LogP contribution >= 0.6 is 11.8 Å². The average Bonchev–Trinajstić information content (AvgIpc) is 3.23. The van der Waals surface area contributed by atoms with E-state index in [1.165, 1.54) is 18.6 Å². The summed E-state index contributed by atoms with van der Waals surface area (Å²) in [6.07, 6.45) is 4.66. The van der Waals surface area contributed by atoms with Gasteiger partial charge in [-0.25, -0.2) is 0 Å². The number of carbonyl (C=O) groups excluding carboxylic acids is 1.